The predicted octanol–water partition coefficient (Wildman–Crippen LogP) is 2.68. The number of hydrogen-bond acceptors (Lipinski definition) is 1. The van der Waals surface area contributed by atoms with Gasteiger partial charge in [-0.25, -0.2) is 0 Å². The Labute approximate surface area is 68.3 Å². The highest BCUT2D eigenvalue weighted by atomic mass is 19.2. The van der Waals surface area contributed by atoms with Crippen LogP contribution in [0, 0.1) is 11.8 Å². The van der Waals surface area contributed by atoms with E-state index in [1.165, 1.54) is 32.1 Å². The van der Waals surface area contributed by atoms with Crippen LogP contribution in [0.2, 0.25) is 0 Å². The molecule has 0 aromatic carbocycles. The van der Waals surface area contributed by atoms with Crippen LogP contribution in [0.15, 0.2) is 0 Å². The lowest BCUT2D eigenvalue weighted by atomic mass is 9.81. The highest BCUT2D eigenvalue weighted by Gasteiger charge is 2.19. The van der Waals surface area contributed by atoms with Gasteiger partial charge in [0.05, 0.1) is 0 Å². The fourth-order valence-electron chi connectivity index (χ4n) is 1.99. The van der Waals surface area contributed by atoms with Crippen molar-refractivity contribution in [2.24, 2.45) is 11.8 Å². The van der Waals surface area contributed by atoms with Gasteiger partial charge in [0.2, 0.25) is 0 Å². The summed E-state index contributed by atoms with van der Waals surface area (Å²) in [4.78, 5) is 0. The Morgan fingerprint density at radius 2 is 2.00 bits per heavy atom. The van der Waals surface area contributed by atoms with Crippen LogP contribution in [0.4, 0.5) is 4.48 Å². The summed E-state index contributed by atoms with van der Waals surface area (Å²) in [6.07, 6.45) is 6.69. The van der Waals surface area contributed by atoms with Crippen LogP contribution < -0.4 is 5.54 Å². The Kier molecular flexibility index (Phi) is 3.84. The lowest BCUT2D eigenvalue weighted by Crippen LogP contribution is -2.23. The average molecular weight is 159 g/mol. The van der Waals surface area contributed by atoms with E-state index in [-0.39, 0.29) is 0 Å². The molecule has 11 heavy (non-hydrogen) atoms. The highest BCUT2D eigenvalue weighted by Crippen LogP contribution is 2.29. The molecule has 1 atom stereocenters. The van der Waals surface area contributed by atoms with Crippen molar-refractivity contribution in [1.82, 2.24) is 5.54 Å². The van der Waals surface area contributed by atoms with Crippen molar-refractivity contribution in [1.29, 1.82) is 0 Å². The zero-order valence-corrected chi connectivity index (χ0v) is 7.28. The van der Waals surface area contributed by atoms with Crippen LogP contribution in [0.25, 0.3) is 0 Å². The standard InChI is InChI=1S/C9H18FN/c1-8(7-11-10)9-5-3-2-4-6-9/h8-9,11H,2-7H2,1H3. The van der Waals surface area contributed by atoms with Crippen molar-refractivity contribution >= 4 is 0 Å². The van der Waals surface area contributed by atoms with E-state index in [0.29, 0.717) is 12.5 Å². The third kappa shape index (κ3) is 2.78. The van der Waals surface area contributed by atoms with Gasteiger partial charge in [-0.1, -0.05) is 39.0 Å². The highest BCUT2D eigenvalue weighted by molar-refractivity contribution is 4.71. The van der Waals surface area contributed by atoms with E-state index in [4.69, 9.17) is 0 Å². The van der Waals surface area contributed by atoms with Crippen LogP contribution in [-0.2, 0) is 0 Å². The molecule has 1 nitrogen and oxygen atoms in total. The number of halogens is 1. The van der Waals surface area contributed by atoms with Gasteiger partial charge in [-0.05, 0) is 11.8 Å². The second-order valence-electron chi connectivity index (χ2n) is 3.71. The van der Waals surface area contributed by atoms with Crippen LogP contribution >= 0.6 is 0 Å². The molecule has 1 saturated carbocycles. The van der Waals surface area contributed by atoms with E-state index in [2.05, 4.69) is 6.92 Å². The van der Waals surface area contributed by atoms with E-state index < -0.39 is 0 Å². The molecule has 66 valence electrons. The lowest BCUT2D eigenvalue weighted by Gasteiger charge is -2.26. The van der Waals surface area contributed by atoms with E-state index in [9.17, 15) is 4.48 Å². The first kappa shape index (κ1) is 8.98. The van der Waals surface area contributed by atoms with E-state index in [1.54, 1.807) is 5.54 Å². The normalized spacial score (nSPS) is 23.5. The molecule has 1 N–H and O–H groups in total. The van der Waals surface area contributed by atoms with Gasteiger partial charge < -0.3 is 0 Å². The quantitative estimate of drug-likeness (QED) is 0.624. The summed E-state index contributed by atoms with van der Waals surface area (Å²) in [5, 5.41) is 0. The number of hydrogen-bond donors (Lipinski definition) is 1. The molecular weight excluding hydrogens is 141 g/mol. The van der Waals surface area contributed by atoms with Crippen LogP contribution in [-0.4, -0.2) is 6.54 Å². The zero-order chi connectivity index (χ0) is 8.10. The molecule has 0 saturated heterocycles. The molecule has 0 bridgehead atoms. The molecule has 0 aliphatic heterocycles. The predicted molar refractivity (Wildman–Crippen MR) is 44.8 cm³/mol. The smallest absolute Gasteiger partial charge is 0.0288 e. The molecule has 1 rings (SSSR count). The molecule has 0 aromatic heterocycles. The number of nitrogens with one attached hydrogen (secondary N) is 1. The molecule has 1 fully saturated rings. The molecule has 0 amide bonds. The monoisotopic (exact) mass is 159 g/mol. The molecule has 0 heterocycles. The maximum atomic E-state index is 11.7. The molecule has 1 unspecified atom stereocenters. The molecule has 1 aliphatic rings. The summed E-state index contributed by atoms with van der Waals surface area (Å²) >= 11 is 0. The van der Waals surface area contributed by atoms with Gasteiger partial charge in [-0.3, -0.25) is 0 Å². The van der Waals surface area contributed by atoms with Crippen molar-refractivity contribution < 1.29 is 4.48 Å². The first-order chi connectivity index (χ1) is 5.34. The van der Waals surface area contributed by atoms with Crippen molar-refractivity contribution in [3.05, 3.63) is 0 Å². The summed E-state index contributed by atoms with van der Waals surface area (Å²) in [5.41, 5.74) is 1.76. The molecule has 0 aromatic rings. The van der Waals surface area contributed by atoms with Crippen molar-refractivity contribution in [2.75, 3.05) is 6.54 Å². The fraction of sp³-hybridized carbons (Fsp3) is 1.00. The average Bonchev–Trinajstić information content (AvgIpc) is 2.07. The summed E-state index contributed by atoms with van der Waals surface area (Å²) < 4.78 is 11.7. The second kappa shape index (κ2) is 4.70. The summed E-state index contributed by atoms with van der Waals surface area (Å²) in [5.74, 6) is 1.28. The Morgan fingerprint density at radius 1 is 1.36 bits per heavy atom. The Balaban J connectivity index is 2.21. The fourth-order valence-corrected chi connectivity index (χ4v) is 1.99. The Bertz CT molecular complexity index is 99.7. The molecule has 2 heteroatoms. The van der Waals surface area contributed by atoms with Gasteiger partial charge in [0.15, 0.2) is 0 Å². The minimum absolute atomic E-state index is 0.514. The van der Waals surface area contributed by atoms with E-state index in [1.807, 2.05) is 0 Å². The van der Waals surface area contributed by atoms with Crippen LogP contribution in [0.1, 0.15) is 39.0 Å². The maximum Gasteiger partial charge on any atom is 0.0288 e. The van der Waals surface area contributed by atoms with Gasteiger partial charge in [0, 0.05) is 6.54 Å². The summed E-state index contributed by atoms with van der Waals surface area (Å²) in [6.45, 7) is 2.67. The maximum absolute atomic E-state index is 11.7. The number of rotatable bonds is 3. The minimum Gasteiger partial charge on any atom is -0.159 e. The van der Waals surface area contributed by atoms with Crippen molar-refractivity contribution in [2.45, 2.75) is 39.0 Å². The third-order valence-corrected chi connectivity index (χ3v) is 2.85. The van der Waals surface area contributed by atoms with Crippen molar-refractivity contribution in [3.63, 3.8) is 0 Å². The third-order valence-electron chi connectivity index (χ3n) is 2.85. The zero-order valence-electron chi connectivity index (χ0n) is 7.28. The van der Waals surface area contributed by atoms with Gasteiger partial charge in [0.1, 0.15) is 0 Å². The van der Waals surface area contributed by atoms with Crippen molar-refractivity contribution in [3.8, 4) is 0 Å². The summed E-state index contributed by atoms with van der Waals surface area (Å²) in [6, 6.07) is 0. The van der Waals surface area contributed by atoms with E-state index >= 15 is 0 Å². The SMILES string of the molecule is CC(CNF)C1CCCCC1. The first-order valence-electron chi connectivity index (χ1n) is 4.68. The minimum atomic E-state index is 0.514. The van der Waals surface area contributed by atoms with Crippen LogP contribution in [0.3, 0.4) is 0 Å². The Morgan fingerprint density at radius 3 is 2.55 bits per heavy atom. The van der Waals surface area contributed by atoms with Gasteiger partial charge in [0.25, 0.3) is 0 Å². The molecule has 0 radical (unpaired) electrons. The van der Waals surface area contributed by atoms with Crippen LogP contribution in [0.5, 0.6) is 0 Å². The summed E-state index contributed by atoms with van der Waals surface area (Å²) in [7, 11) is 0. The first-order valence-corrected chi connectivity index (χ1v) is 4.68. The Hall–Kier alpha value is -0.110. The molecule has 0 spiro atoms. The van der Waals surface area contributed by atoms with Gasteiger partial charge >= 0.3 is 0 Å². The van der Waals surface area contributed by atoms with Gasteiger partial charge in [-0.15, -0.1) is 4.48 Å². The second-order valence-corrected chi connectivity index (χ2v) is 3.71. The van der Waals surface area contributed by atoms with E-state index in [0.717, 1.165) is 5.92 Å². The largest absolute Gasteiger partial charge is 0.159 e. The molecular formula is C9H18FN. The molecule has 1 aliphatic carbocycles. The van der Waals surface area contributed by atoms with Gasteiger partial charge in [-0.2, -0.15) is 5.54 Å². The topological polar surface area (TPSA) is 12.0 Å². The lowest BCUT2D eigenvalue weighted by molar-refractivity contribution is 0.214.